The van der Waals surface area contributed by atoms with Crippen LogP contribution in [0.4, 0.5) is 18.0 Å². The highest BCUT2D eigenvalue weighted by atomic mass is 79.9. The Kier molecular flexibility index (Phi) is 14.1. The van der Waals surface area contributed by atoms with Gasteiger partial charge in [-0.1, -0.05) is 70.8 Å². The largest absolute Gasteiger partial charge is 0.464 e. The van der Waals surface area contributed by atoms with Gasteiger partial charge in [0.05, 0.1) is 46.2 Å². The minimum absolute atomic E-state index is 0.0660. The first-order chi connectivity index (χ1) is 24.0. The van der Waals surface area contributed by atoms with E-state index in [-0.39, 0.29) is 22.8 Å². The number of nitrogens with one attached hydrogen (secondary N) is 1. The summed E-state index contributed by atoms with van der Waals surface area (Å²) in [4.78, 5) is 25.1. The summed E-state index contributed by atoms with van der Waals surface area (Å²) in [5.74, 6) is 0. The minimum atomic E-state index is -4.65. The number of hydrogen-bond acceptors (Lipinski definition) is 5. The monoisotopic (exact) mass is 756 g/mol. The van der Waals surface area contributed by atoms with Gasteiger partial charge in [-0.3, -0.25) is 4.57 Å². The molecule has 13 heteroatoms. The smallest absolute Gasteiger partial charge is 0.420 e. The summed E-state index contributed by atoms with van der Waals surface area (Å²) < 4.78 is 42.9. The first-order valence-electron chi connectivity index (χ1n) is 17.2. The molecule has 1 saturated carbocycles. The average molecular weight is 758 g/mol. The summed E-state index contributed by atoms with van der Waals surface area (Å²) in [6.45, 7) is 4.98. The molecule has 2 N–H and O–H groups in total. The highest BCUT2D eigenvalue weighted by Crippen LogP contribution is 2.33. The molecular weight excluding hydrogens is 713 g/mol. The molecule has 9 nitrogen and oxygen atoms in total. The molecule has 0 amide bonds. The van der Waals surface area contributed by atoms with E-state index in [1.54, 1.807) is 12.1 Å². The van der Waals surface area contributed by atoms with Gasteiger partial charge in [-0.2, -0.15) is 28.1 Å². The number of nitriles is 1. The van der Waals surface area contributed by atoms with Crippen molar-refractivity contribution < 1.29 is 23.1 Å². The number of unbranched alkanes of at least 4 members (excludes halogenated alkanes) is 7. The molecule has 268 valence electrons. The van der Waals surface area contributed by atoms with Crippen molar-refractivity contribution in [3.05, 3.63) is 86.5 Å². The molecule has 0 radical (unpaired) electrons. The number of carboxylic acid groups (broad SMARTS) is 1. The van der Waals surface area contributed by atoms with Crippen LogP contribution in [0.25, 0.3) is 22.8 Å². The van der Waals surface area contributed by atoms with Crippen LogP contribution in [0.2, 0.25) is 0 Å². The molecule has 0 spiro atoms. The zero-order valence-electron chi connectivity index (χ0n) is 28.5. The van der Waals surface area contributed by atoms with E-state index in [2.05, 4.69) is 33.3 Å². The molecule has 2 aromatic carbocycles. The molecule has 1 fully saturated rings. The number of alkyl halides is 3. The molecule has 0 atom stereocenters. The van der Waals surface area contributed by atoms with Gasteiger partial charge < -0.3 is 10.4 Å². The number of carbonyl (C=O) groups is 1. The van der Waals surface area contributed by atoms with Gasteiger partial charge in [0.1, 0.15) is 5.69 Å². The number of halogens is 4. The van der Waals surface area contributed by atoms with E-state index in [0.29, 0.717) is 20.3 Å². The third-order valence-corrected chi connectivity index (χ3v) is 9.55. The van der Waals surface area contributed by atoms with Crippen LogP contribution in [-0.4, -0.2) is 42.7 Å². The summed E-state index contributed by atoms with van der Waals surface area (Å²) >= 11 is 3.36. The standard InChI is InChI=1S/C22H13BrF3N5O3.C15H31N/c1-12-19(18-7-8-28-31(18)17-6-5-13(11-27)9-16(17)23)30(21(33)34)20(32)29(12)15-4-2-3-14(10-15)22(24,25)26;1-2-3-4-5-6-7-8-11-14-16-15-12-9-10-13-15/h2-10H,1H3,(H,33,34);15-16H,2-14H2,1H3. The molecule has 1 aliphatic rings. The molecule has 0 aliphatic heterocycles. The maximum absolute atomic E-state index is 13.2. The van der Waals surface area contributed by atoms with E-state index in [0.717, 1.165) is 28.8 Å². The van der Waals surface area contributed by atoms with E-state index in [1.165, 1.54) is 120 Å². The third kappa shape index (κ3) is 9.75. The van der Waals surface area contributed by atoms with E-state index in [9.17, 15) is 27.9 Å². The number of hydrogen-bond donors (Lipinski definition) is 2. The Balaban J connectivity index is 0.000000295. The maximum Gasteiger partial charge on any atom is 0.420 e. The summed E-state index contributed by atoms with van der Waals surface area (Å²) in [7, 11) is 0. The van der Waals surface area contributed by atoms with E-state index >= 15 is 0 Å². The minimum Gasteiger partial charge on any atom is -0.464 e. The van der Waals surface area contributed by atoms with Crippen molar-refractivity contribution in [2.24, 2.45) is 0 Å². The van der Waals surface area contributed by atoms with Gasteiger partial charge in [-0.15, -0.1) is 0 Å². The number of benzene rings is 2. The highest BCUT2D eigenvalue weighted by molar-refractivity contribution is 9.10. The quantitative estimate of drug-likeness (QED) is 0.131. The normalized spacial score (nSPS) is 13.2. The van der Waals surface area contributed by atoms with Gasteiger partial charge in [0.15, 0.2) is 0 Å². The zero-order valence-corrected chi connectivity index (χ0v) is 30.1. The molecule has 0 bridgehead atoms. The molecule has 0 unspecified atom stereocenters. The number of aromatic nitrogens is 4. The van der Waals surface area contributed by atoms with Crippen LogP contribution < -0.4 is 11.0 Å². The summed E-state index contributed by atoms with van der Waals surface area (Å²) in [5.41, 5.74) is -1.11. The van der Waals surface area contributed by atoms with Gasteiger partial charge >= 0.3 is 18.0 Å². The lowest BCUT2D eigenvalue weighted by Gasteiger charge is -2.12. The number of imidazole rings is 1. The first-order valence-corrected chi connectivity index (χ1v) is 18.0. The Bertz CT molecular complexity index is 1830. The van der Waals surface area contributed by atoms with Crippen molar-refractivity contribution >= 4 is 22.0 Å². The van der Waals surface area contributed by atoms with Crippen molar-refractivity contribution in [1.29, 1.82) is 5.26 Å². The Hall–Kier alpha value is -4.15. The molecule has 0 saturated heterocycles. The van der Waals surface area contributed by atoms with Crippen LogP contribution in [0.1, 0.15) is 101 Å². The molecule has 50 heavy (non-hydrogen) atoms. The lowest BCUT2D eigenvalue weighted by Crippen LogP contribution is -2.28. The Morgan fingerprint density at radius 1 is 1.04 bits per heavy atom. The Labute approximate surface area is 298 Å². The first kappa shape index (κ1) is 38.6. The fraction of sp³-hybridized carbons (Fsp3) is 0.459. The van der Waals surface area contributed by atoms with Gasteiger partial charge in [0.2, 0.25) is 0 Å². The molecule has 1 aliphatic carbocycles. The van der Waals surface area contributed by atoms with Crippen molar-refractivity contribution in [2.75, 3.05) is 6.54 Å². The molecule has 2 heterocycles. The summed E-state index contributed by atoms with van der Waals surface area (Å²) in [6, 6.07) is 13.1. The predicted octanol–water partition coefficient (Wildman–Crippen LogP) is 9.64. The van der Waals surface area contributed by atoms with Crippen LogP contribution in [0.15, 0.2) is 64.0 Å². The average Bonchev–Trinajstić information content (AvgIpc) is 3.83. The lowest BCUT2D eigenvalue weighted by molar-refractivity contribution is -0.137. The van der Waals surface area contributed by atoms with Crippen LogP contribution in [0.5, 0.6) is 0 Å². The zero-order chi connectivity index (χ0) is 36.3. The fourth-order valence-corrected chi connectivity index (χ4v) is 6.87. The van der Waals surface area contributed by atoms with E-state index in [1.807, 2.05) is 6.07 Å². The van der Waals surface area contributed by atoms with Crippen molar-refractivity contribution in [3.63, 3.8) is 0 Å². The second-order valence-electron chi connectivity index (χ2n) is 12.5. The topological polar surface area (TPSA) is 118 Å². The number of rotatable bonds is 13. The van der Waals surface area contributed by atoms with Gasteiger partial charge in [0, 0.05) is 10.5 Å². The number of nitrogens with zero attached hydrogens (tertiary/aromatic N) is 5. The highest BCUT2D eigenvalue weighted by Gasteiger charge is 2.32. The summed E-state index contributed by atoms with van der Waals surface area (Å²) in [5, 5.41) is 26.8. The fourth-order valence-electron chi connectivity index (χ4n) is 6.33. The van der Waals surface area contributed by atoms with E-state index < -0.39 is 23.5 Å². The van der Waals surface area contributed by atoms with Crippen LogP contribution in [-0.2, 0) is 6.18 Å². The molecule has 2 aromatic heterocycles. The Morgan fingerprint density at radius 3 is 2.34 bits per heavy atom. The van der Waals surface area contributed by atoms with Crippen LogP contribution >= 0.6 is 15.9 Å². The predicted molar refractivity (Wildman–Crippen MR) is 191 cm³/mol. The third-order valence-electron chi connectivity index (χ3n) is 8.92. The molecule has 4 aromatic rings. The maximum atomic E-state index is 13.2. The van der Waals surface area contributed by atoms with Crippen molar-refractivity contribution in [2.45, 2.75) is 103 Å². The molecular formula is C37H44BrF3N6O3. The second kappa shape index (κ2) is 18.2. The van der Waals surface area contributed by atoms with Gasteiger partial charge in [-0.05, 0) is 91.1 Å². The van der Waals surface area contributed by atoms with Gasteiger partial charge in [0.25, 0.3) is 0 Å². The lowest BCUT2D eigenvalue weighted by atomic mass is 10.1. The van der Waals surface area contributed by atoms with Gasteiger partial charge in [-0.25, -0.2) is 14.3 Å². The SMILES string of the molecule is CCCCCCCCCCNC1CCCC1.Cc1c(-c2ccnn2-c2ccc(C#N)cc2Br)n(C(=O)O)c(=O)n1-c1cccc(C(F)(F)F)c1. The van der Waals surface area contributed by atoms with Crippen LogP contribution in [0.3, 0.4) is 0 Å². The van der Waals surface area contributed by atoms with Crippen molar-refractivity contribution in [1.82, 2.24) is 24.2 Å². The Morgan fingerprint density at radius 2 is 1.72 bits per heavy atom. The van der Waals surface area contributed by atoms with Crippen molar-refractivity contribution in [3.8, 4) is 28.8 Å². The van der Waals surface area contributed by atoms with E-state index in [4.69, 9.17) is 5.26 Å². The second-order valence-corrected chi connectivity index (χ2v) is 13.4. The van der Waals surface area contributed by atoms with Crippen LogP contribution in [0, 0.1) is 18.3 Å². The molecule has 5 rings (SSSR count). The summed E-state index contributed by atoms with van der Waals surface area (Å²) in [6.07, 6.45) is 12.4.